The quantitative estimate of drug-likeness (QED) is 0.695. The Hall–Kier alpha value is -1.08. The van der Waals surface area contributed by atoms with Crippen molar-refractivity contribution < 1.29 is 0 Å². The van der Waals surface area contributed by atoms with Crippen LogP contribution in [0.3, 0.4) is 0 Å². The Morgan fingerprint density at radius 2 is 2.38 bits per heavy atom. The van der Waals surface area contributed by atoms with Crippen LogP contribution in [0.4, 0.5) is 0 Å². The molecule has 0 atom stereocenters. The molecule has 0 aliphatic carbocycles. The summed E-state index contributed by atoms with van der Waals surface area (Å²) in [6.45, 7) is 3.91. The molecule has 0 radical (unpaired) electrons. The zero-order chi connectivity index (χ0) is 9.84. The Morgan fingerprint density at radius 1 is 1.69 bits per heavy atom. The van der Waals surface area contributed by atoms with E-state index < -0.39 is 0 Å². The summed E-state index contributed by atoms with van der Waals surface area (Å²) < 4.78 is 1.97. The third-order valence-corrected chi connectivity index (χ3v) is 2.50. The van der Waals surface area contributed by atoms with Crippen molar-refractivity contribution in [2.45, 2.75) is 20.4 Å². The van der Waals surface area contributed by atoms with Crippen molar-refractivity contribution in [3.05, 3.63) is 26.8 Å². The van der Waals surface area contributed by atoms with Crippen LogP contribution in [-0.4, -0.2) is 9.55 Å². The zero-order valence-corrected chi connectivity index (χ0v) is 9.05. The Kier molecular flexibility index (Phi) is 3.26. The predicted octanol–water partition coefficient (Wildman–Crippen LogP) is 1.34. The van der Waals surface area contributed by atoms with Gasteiger partial charge in [0.05, 0.1) is 18.6 Å². The van der Waals surface area contributed by atoms with Crippen LogP contribution in [-0.2, 0) is 6.54 Å². The first kappa shape index (κ1) is 10.0. The summed E-state index contributed by atoms with van der Waals surface area (Å²) in [5.41, 5.74) is 0.612. The minimum Gasteiger partial charge on any atom is -0.286 e. The van der Waals surface area contributed by atoms with Gasteiger partial charge in [-0.05, 0) is 29.8 Å². The number of aromatic nitrogens is 2. The molecule has 0 fully saturated rings. The van der Waals surface area contributed by atoms with Gasteiger partial charge < -0.3 is 0 Å². The topological polar surface area (TPSA) is 34.9 Å². The van der Waals surface area contributed by atoms with Crippen LogP contribution in [0.2, 0.25) is 0 Å². The van der Waals surface area contributed by atoms with E-state index in [0.717, 1.165) is 0 Å². The van der Waals surface area contributed by atoms with Crippen molar-refractivity contribution in [3.63, 3.8) is 0 Å². The van der Waals surface area contributed by atoms with Crippen LogP contribution < -0.4 is 5.56 Å². The molecule has 0 aliphatic heterocycles. The highest BCUT2D eigenvalue weighted by molar-refractivity contribution is 9.10. The fourth-order valence-corrected chi connectivity index (χ4v) is 1.15. The molecule has 68 valence electrons. The molecule has 0 aromatic carbocycles. The summed E-state index contributed by atoms with van der Waals surface area (Å²) in [6, 6.07) is 0. The van der Waals surface area contributed by atoms with Gasteiger partial charge in [-0.3, -0.25) is 9.36 Å². The first-order chi connectivity index (χ1) is 6.16. The number of halogens is 1. The van der Waals surface area contributed by atoms with E-state index in [1.807, 2.05) is 0 Å². The van der Waals surface area contributed by atoms with Gasteiger partial charge in [-0.2, -0.15) is 0 Å². The Labute approximate surface area is 84.9 Å². The van der Waals surface area contributed by atoms with Gasteiger partial charge in [0, 0.05) is 0 Å². The molecule has 1 heterocycles. The van der Waals surface area contributed by atoms with E-state index in [0.29, 0.717) is 16.7 Å². The molecular formula is C9H9BrN2O. The van der Waals surface area contributed by atoms with E-state index in [1.54, 1.807) is 13.8 Å². The summed E-state index contributed by atoms with van der Waals surface area (Å²) in [5.74, 6) is 5.53. The normalized spacial score (nSPS) is 9.15. The molecule has 0 bridgehead atoms. The van der Waals surface area contributed by atoms with E-state index in [-0.39, 0.29) is 5.56 Å². The van der Waals surface area contributed by atoms with Crippen molar-refractivity contribution in [3.8, 4) is 11.8 Å². The zero-order valence-electron chi connectivity index (χ0n) is 7.47. The molecule has 0 saturated carbocycles. The van der Waals surface area contributed by atoms with E-state index in [4.69, 9.17) is 0 Å². The lowest BCUT2D eigenvalue weighted by molar-refractivity contribution is 0.754. The van der Waals surface area contributed by atoms with Crippen LogP contribution in [0.25, 0.3) is 0 Å². The van der Waals surface area contributed by atoms with Gasteiger partial charge in [0.1, 0.15) is 4.47 Å². The number of rotatable bonds is 1. The van der Waals surface area contributed by atoms with E-state index in [1.165, 1.54) is 10.9 Å². The lowest BCUT2D eigenvalue weighted by Gasteiger charge is -2.01. The van der Waals surface area contributed by atoms with Crippen LogP contribution in [0.5, 0.6) is 0 Å². The van der Waals surface area contributed by atoms with Gasteiger partial charge in [-0.15, -0.1) is 5.92 Å². The van der Waals surface area contributed by atoms with Gasteiger partial charge in [-0.1, -0.05) is 5.92 Å². The van der Waals surface area contributed by atoms with Crippen molar-refractivity contribution in [2.75, 3.05) is 0 Å². The highest BCUT2D eigenvalue weighted by Gasteiger charge is 2.03. The fourth-order valence-electron chi connectivity index (χ4n) is 0.823. The molecular weight excluding hydrogens is 232 g/mol. The van der Waals surface area contributed by atoms with Gasteiger partial charge in [0.15, 0.2) is 0 Å². The Balaban J connectivity index is 3.16. The third kappa shape index (κ3) is 2.19. The number of nitrogens with zero attached hydrogens (tertiary/aromatic N) is 2. The Morgan fingerprint density at radius 3 is 3.00 bits per heavy atom. The van der Waals surface area contributed by atoms with Crippen molar-refractivity contribution in [2.24, 2.45) is 0 Å². The Bertz CT molecular complexity index is 425. The van der Waals surface area contributed by atoms with Gasteiger partial charge in [0.25, 0.3) is 5.56 Å². The summed E-state index contributed by atoms with van der Waals surface area (Å²) in [7, 11) is 0. The van der Waals surface area contributed by atoms with Gasteiger partial charge in [-0.25, -0.2) is 4.98 Å². The van der Waals surface area contributed by atoms with Crippen molar-refractivity contribution in [1.29, 1.82) is 0 Å². The summed E-state index contributed by atoms with van der Waals surface area (Å²) >= 11 is 3.18. The second kappa shape index (κ2) is 4.24. The molecule has 4 heteroatoms. The fraction of sp³-hybridized carbons (Fsp3) is 0.333. The standard InChI is InChI=1S/C9H9BrN2O/c1-3-4-5-12-6-11-7(2)8(10)9(12)13/h6H,5H2,1-2H3. The number of aryl methyl sites for hydroxylation is 1. The maximum Gasteiger partial charge on any atom is 0.268 e. The van der Waals surface area contributed by atoms with Gasteiger partial charge >= 0.3 is 0 Å². The average Bonchev–Trinajstić information content (AvgIpc) is 2.13. The van der Waals surface area contributed by atoms with Crippen LogP contribution >= 0.6 is 15.9 Å². The van der Waals surface area contributed by atoms with E-state index >= 15 is 0 Å². The first-order valence-corrected chi connectivity index (χ1v) is 4.57. The second-order valence-electron chi connectivity index (χ2n) is 2.50. The van der Waals surface area contributed by atoms with E-state index in [2.05, 4.69) is 32.8 Å². The largest absolute Gasteiger partial charge is 0.286 e. The van der Waals surface area contributed by atoms with Crippen molar-refractivity contribution >= 4 is 15.9 Å². The van der Waals surface area contributed by atoms with Crippen LogP contribution in [0.1, 0.15) is 12.6 Å². The molecule has 0 spiro atoms. The van der Waals surface area contributed by atoms with Crippen molar-refractivity contribution in [1.82, 2.24) is 9.55 Å². The number of hydrogen-bond acceptors (Lipinski definition) is 2. The molecule has 0 saturated heterocycles. The molecule has 13 heavy (non-hydrogen) atoms. The number of hydrogen-bond donors (Lipinski definition) is 0. The second-order valence-corrected chi connectivity index (χ2v) is 3.30. The lowest BCUT2D eigenvalue weighted by Crippen LogP contribution is -2.21. The minimum atomic E-state index is -0.0877. The summed E-state index contributed by atoms with van der Waals surface area (Å²) in [4.78, 5) is 15.5. The molecule has 0 N–H and O–H groups in total. The third-order valence-electron chi connectivity index (χ3n) is 1.58. The maximum atomic E-state index is 11.5. The highest BCUT2D eigenvalue weighted by Crippen LogP contribution is 2.05. The molecule has 1 rings (SSSR count). The molecule has 0 unspecified atom stereocenters. The molecule has 1 aromatic heterocycles. The summed E-state index contributed by atoms with van der Waals surface area (Å²) in [6.07, 6.45) is 1.51. The van der Waals surface area contributed by atoms with Crippen LogP contribution in [0, 0.1) is 18.8 Å². The predicted molar refractivity (Wildman–Crippen MR) is 54.4 cm³/mol. The maximum absolute atomic E-state index is 11.5. The first-order valence-electron chi connectivity index (χ1n) is 3.78. The minimum absolute atomic E-state index is 0.0877. The molecule has 0 aliphatic rings. The highest BCUT2D eigenvalue weighted by atomic mass is 79.9. The lowest BCUT2D eigenvalue weighted by atomic mass is 10.4. The van der Waals surface area contributed by atoms with E-state index in [9.17, 15) is 4.79 Å². The smallest absolute Gasteiger partial charge is 0.268 e. The SMILES string of the molecule is CC#CCn1cnc(C)c(Br)c1=O. The molecule has 3 nitrogen and oxygen atoms in total. The van der Waals surface area contributed by atoms with Crippen LogP contribution in [0.15, 0.2) is 15.6 Å². The summed E-state index contributed by atoms with van der Waals surface area (Å²) in [5, 5.41) is 0. The molecule has 0 amide bonds. The van der Waals surface area contributed by atoms with Gasteiger partial charge in [0.2, 0.25) is 0 Å². The monoisotopic (exact) mass is 240 g/mol. The average molecular weight is 241 g/mol. The molecule has 1 aromatic rings.